The summed E-state index contributed by atoms with van der Waals surface area (Å²) in [5.74, 6) is -16.1. The van der Waals surface area contributed by atoms with E-state index in [1.807, 2.05) is 0 Å². The predicted molar refractivity (Wildman–Crippen MR) is 102 cm³/mol. The van der Waals surface area contributed by atoms with Gasteiger partial charge in [-0.05, 0) is 22.9 Å². The number of nitriles is 1. The van der Waals surface area contributed by atoms with Gasteiger partial charge in [0.05, 0.1) is 21.2 Å². The SMILES string of the molecule is [C-]#[N+]N=c1c2cc3c(cc2c2c(F)c(F)c(F)c(F)c12)c(=NC#N)c1c(F)c(F)c(F)c(F)c13. The van der Waals surface area contributed by atoms with Crippen molar-refractivity contribution < 1.29 is 35.1 Å². The van der Waals surface area contributed by atoms with Crippen molar-refractivity contribution in [3.05, 3.63) is 80.9 Å². The van der Waals surface area contributed by atoms with E-state index in [0.717, 1.165) is 12.1 Å². The van der Waals surface area contributed by atoms with Gasteiger partial charge in [-0.25, -0.2) is 35.1 Å². The average Bonchev–Trinajstić information content (AvgIpc) is 3.30. The van der Waals surface area contributed by atoms with Crippen LogP contribution in [0, 0.1) is 64.6 Å². The third-order valence-electron chi connectivity index (χ3n) is 5.53. The van der Waals surface area contributed by atoms with Crippen LogP contribution in [0.25, 0.3) is 48.0 Å². The van der Waals surface area contributed by atoms with E-state index in [1.165, 1.54) is 6.19 Å². The molecule has 0 aliphatic rings. The maximum Gasteiger partial charge on any atom is 0.206 e. The van der Waals surface area contributed by atoms with Crippen LogP contribution in [-0.4, -0.2) is 0 Å². The molecule has 0 bridgehead atoms. The van der Waals surface area contributed by atoms with Crippen molar-refractivity contribution in [2.24, 2.45) is 10.1 Å². The molecule has 0 saturated carbocycles. The fourth-order valence-electron chi connectivity index (χ4n) is 4.21. The molecule has 0 spiro atoms. The van der Waals surface area contributed by atoms with Crippen molar-refractivity contribution in [3.8, 4) is 6.19 Å². The normalized spacial score (nSPS) is 13.0. The molecule has 4 nitrogen and oxygen atoms in total. The van der Waals surface area contributed by atoms with Crippen molar-refractivity contribution in [1.82, 2.24) is 0 Å². The lowest BCUT2D eigenvalue weighted by molar-refractivity contribution is 0.418. The molecule has 0 atom stereocenters. The van der Waals surface area contributed by atoms with Gasteiger partial charge in [0.2, 0.25) is 6.19 Å². The first-order chi connectivity index (χ1) is 16.1. The molecule has 5 aromatic carbocycles. The number of nitrogens with zero attached hydrogens (tertiary/aromatic N) is 4. The Kier molecular flexibility index (Phi) is 4.35. The van der Waals surface area contributed by atoms with E-state index in [9.17, 15) is 35.1 Å². The maximum absolute atomic E-state index is 14.7. The van der Waals surface area contributed by atoms with Crippen molar-refractivity contribution >= 4 is 43.1 Å². The lowest BCUT2D eigenvalue weighted by Gasteiger charge is -2.01. The Labute approximate surface area is 181 Å². The molecular formula is C22H2F8N4. The van der Waals surface area contributed by atoms with Crippen molar-refractivity contribution in [3.63, 3.8) is 0 Å². The summed E-state index contributed by atoms with van der Waals surface area (Å²) in [5, 5.41) is 6.06. The first kappa shape index (κ1) is 21.3. The zero-order chi connectivity index (χ0) is 24.6. The summed E-state index contributed by atoms with van der Waals surface area (Å²) in [6, 6.07) is 1.81. The highest BCUT2D eigenvalue weighted by Gasteiger charge is 2.29. The van der Waals surface area contributed by atoms with E-state index in [0.29, 0.717) is 0 Å². The second-order valence-corrected chi connectivity index (χ2v) is 7.06. The molecule has 0 fully saturated rings. The van der Waals surface area contributed by atoms with Crippen LogP contribution in [0.5, 0.6) is 0 Å². The molecule has 5 aromatic rings. The van der Waals surface area contributed by atoms with Gasteiger partial charge < -0.3 is 0 Å². The second-order valence-electron chi connectivity index (χ2n) is 7.06. The number of fused-ring (bicyclic) bond motifs is 6. The van der Waals surface area contributed by atoms with Crippen LogP contribution in [0.3, 0.4) is 0 Å². The van der Waals surface area contributed by atoms with Crippen molar-refractivity contribution in [2.45, 2.75) is 0 Å². The molecular weight excluding hydrogens is 472 g/mol. The fraction of sp³-hybridized carbons (Fsp3) is 0. The van der Waals surface area contributed by atoms with Crippen molar-refractivity contribution in [1.29, 1.82) is 5.26 Å². The highest BCUT2D eigenvalue weighted by atomic mass is 19.2. The Morgan fingerprint density at radius 3 is 1.38 bits per heavy atom. The van der Waals surface area contributed by atoms with Gasteiger partial charge >= 0.3 is 0 Å². The Balaban J connectivity index is 2.22. The van der Waals surface area contributed by atoms with Gasteiger partial charge in [0.15, 0.2) is 51.9 Å². The van der Waals surface area contributed by atoms with Crippen LogP contribution < -0.4 is 10.7 Å². The second kappa shape index (κ2) is 6.96. The molecule has 12 heteroatoms. The van der Waals surface area contributed by atoms with Gasteiger partial charge in [-0.3, -0.25) is 0 Å². The van der Waals surface area contributed by atoms with Gasteiger partial charge in [-0.15, -0.1) is 4.95 Å². The zero-order valence-electron chi connectivity index (χ0n) is 16.0. The highest BCUT2D eigenvalue weighted by molar-refractivity contribution is 6.21. The largest absolute Gasteiger partial charge is 0.206 e. The van der Waals surface area contributed by atoms with Gasteiger partial charge in [-0.1, -0.05) is 0 Å². The lowest BCUT2D eigenvalue weighted by Crippen LogP contribution is -2.04. The van der Waals surface area contributed by atoms with Crippen LogP contribution in [-0.2, 0) is 0 Å². The summed E-state index contributed by atoms with van der Waals surface area (Å²) in [7, 11) is 0. The molecule has 0 aromatic heterocycles. The smallest absolute Gasteiger partial charge is 0.203 e. The Hall–Kier alpha value is -4.58. The van der Waals surface area contributed by atoms with Crippen LogP contribution in [0.2, 0.25) is 0 Å². The molecule has 0 radical (unpaired) electrons. The van der Waals surface area contributed by atoms with Gasteiger partial charge in [0, 0.05) is 21.5 Å². The molecule has 0 N–H and O–H groups in total. The molecule has 0 aliphatic carbocycles. The number of hydrogen-bond acceptors (Lipinski definition) is 3. The standard InChI is InChI=1S/C22H2F8N4/c1-32-34-22-8-3-5-7(2-6(8)10-12(22)16(26)20(30)18(28)14(10)24)21(33-4-31)11-9(5)13(23)17(27)19(29)15(11)25/h2-3H. The molecule has 0 aliphatic heterocycles. The first-order valence-corrected chi connectivity index (χ1v) is 8.98. The van der Waals surface area contributed by atoms with E-state index in [-0.39, 0.29) is 21.5 Å². The highest BCUT2D eigenvalue weighted by Crippen LogP contribution is 2.38. The summed E-state index contributed by atoms with van der Waals surface area (Å²) in [4.78, 5) is 6.03. The Morgan fingerprint density at radius 1 is 0.588 bits per heavy atom. The molecule has 34 heavy (non-hydrogen) atoms. The number of hydrogen-bond donors (Lipinski definition) is 0. The van der Waals surface area contributed by atoms with Crippen LogP contribution in [0.1, 0.15) is 0 Å². The van der Waals surface area contributed by atoms with Crippen LogP contribution in [0.15, 0.2) is 22.2 Å². The quantitative estimate of drug-likeness (QED) is 0.0740. The van der Waals surface area contributed by atoms with Crippen LogP contribution >= 0.6 is 0 Å². The molecule has 0 amide bonds. The summed E-state index contributed by atoms with van der Waals surface area (Å²) >= 11 is 0. The summed E-state index contributed by atoms with van der Waals surface area (Å²) in [6.45, 7) is 6.94. The molecule has 0 saturated heterocycles. The predicted octanol–water partition coefficient (Wildman–Crippen LogP) is 5.40. The summed E-state index contributed by atoms with van der Waals surface area (Å²) in [5.41, 5.74) is 0. The molecule has 0 heterocycles. The zero-order valence-corrected chi connectivity index (χ0v) is 16.0. The third-order valence-corrected chi connectivity index (χ3v) is 5.53. The molecule has 166 valence electrons. The van der Waals surface area contributed by atoms with E-state index in [2.05, 4.69) is 15.0 Å². The summed E-state index contributed by atoms with van der Waals surface area (Å²) in [6.07, 6.45) is 1.30. The van der Waals surface area contributed by atoms with E-state index >= 15 is 0 Å². The fourth-order valence-corrected chi connectivity index (χ4v) is 4.21. The monoisotopic (exact) mass is 474 g/mol. The van der Waals surface area contributed by atoms with Gasteiger partial charge in [-0.2, -0.15) is 16.8 Å². The minimum atomic E-state index is -2.17. The van der Waals surface area contributed by atoms with E-state index in [1.54, 1.807) is 0 Å². The number of rotatable bonds is 0. The lowest BCUT2D eigenvalue weighted by atomic mass is 10.1. The van der Waals surface area contributed by atoms with E-state index in [4.69, 9.17) is 11.8 Å². The summed E-state index contributed by atoms with van der Waals surface area (Å²) < 4.78 is 114. The van der Waals surface area contributed by atoms with Gasteiger partial charge in [0.25, 0.3) is 0 Å². The average molecular weight is 474 g/mol. The van der Waals surface area contributed by atoms with Gasteiger partial charge in [0.1, 0.15) is 0 Å². The minimum Gasteiger partial charge on any atom is -0.203 e. The topological polar surface area (TPSA) is 52.9 Å². The van der Waals surface area contributed by atoms with Crippen LogP contribution in [0.4, 0.5) is 35.1 Å². The third kappa shape index (κ3) is 2.39. The Bertz CT molecular complexity index is 1830. The van der Waals surface area contributed by atoms with E-state index < -0.39 is 78.8 Å². The molecule has 5 rings (SSSR count). The first-order valence-electron chi connectivity index (χ1n) is 8.98. The molecule has 0 unspecified atom stereocenters. The van der Waals surface area contributed by atoms with Crippen molar-refractivity contribution in [2.75, 3.05) is 0 Å². The minimum absolute atomic E-state index is 0.332. The number of benzene rings is 3. The maximum atomic E-state index is 14.7. The number of halogens is 8. The Morgan fingerprint density at radius 2 is 0.971 bits per heavy atom.